The monoisotopic (exact) mass is 222 g/mol. The number of aromatic nitrogens is 2. The summed E-state index contributed by atoms with van der Waals surface area (Å²) in [5.41, 5.74) is 1.78. The molecule has 1 aromatic rings. The van der Waals surface area contributed by atoms with Crippen molar-refractivity contribution >= 4 is 0 Å². The standard InChI is InChI=1S/C13H22N2O/c1-4-11-8-12(15(3)14-11)9-13(16,5-2)10-6-7-10/h8,10,16H,4-7,9H2,1-3H3. The van der Waals surface area contributed by atoms with E-state index in [1.807, 2.05) is 11.7 Å². The van der Waals surface area contributed by atoms with Gasteiger partial charge in [0.1, 0.15) is 0 Å². The summed E-state index contributed by atoms with van der Waals surface area (Å²) in [6.45, 7) is 4.19. The maximum Gasteiger partial charge on any atom is 0.0728 e. The summed E-state index contributed by atoms with van der Waals surface area (Å²) in [6, 6.07) is 2.13. The fraction of sp³-hybridized carbons (Fsp3) is 0.769. The molecule has 90 valence electrons. The van der Waals surface area contributed by atoms with Gasteiger partial charge in [-0.05, 0) is 37.7 Å². The van der Waals surface area contributed by atoms with Gasteiger partial charge in [-0.2, -0.15) is 5.10 Å². The summed E-state index contributed by atoms with van der Waals surface area (Å²) in [4.78, 5) is 0. The van der Waals surface area contributed by atoms with Gasteiger partial charge in [-0.15, -0.1) is 0 Å². The van der Waals surface area contributed by atoms with Gasteiger partial charge in [0, 0.05) is 19.2 Å². The van der Waals surface area contributed by atoms with Gasteiger partial charge in [0.25, 0.3) is 0 Å². The lowest BCUT2D eigenvalue weighted by Gasteiger charge is -2.26. The zero-order chi connectivity index (χ0) is 11.8. The molecule has 1 heterocycles. The van der Waals surface area contributed by atoms with Crippen molar-refractivity contribution in [3.8, 4) is 0 Å². The Morgan fingerprint density at radius 3 is 2.62 bits per heavy atom. The van der Waals surface area contributed by atoms with Crippen LogP contribution in [0.4, 0.5) is 0 Å². The van der Waals surface area contributed by atoms with Crippen LogP contribution in [0.2, 0.25) is 0 Å². The smallest absolute Gasteiger partial charge is 0.0728 e. The molecule has 0 spiro atoms. The van der Waals surface area contributed by atoms with E-state index >= 15 is 0 Å². The molecule has 0 amide bonds. The van der Waals surface area contributed by atoms with Crippen LogP contribution in [0.25, 0.3) is 0 Å². The predicted octanol–water partition coefficient (Wildman–Crippen LogP) is 2.08. The molecule has 1 atom stereocenters. The van der Waals surface area contributed by atoms with Gasteiger partial charge in [-0.1, -0.05) is 13.8 Å². The van der Waals surface area contributed by atoms with Gasteiger partial charge >= 0.3 is 0 Å². The first kappa shape index (κ1) is 11.6. The Bertz CT molecular complexity index is 368. The van der Waals surface area contributed by atoms with E-state index in [1.165, 1.54) is 12.8 Å². The van der Waals surface area contributed by atoms with Crippen molar-refractivity contribution in [3.05, 3.63) is 17.5 Å². The van der Waals surface area contributed by atoms with Crippen LogP contribution in [0.1, 0.15) is 44.5 Å². The Morgan fingerprint density at radius 1 is 1.50 bits per heavy atom. The van der Waals surface area contributed by atoms with Crippen LogP contribution in [0.3, 0.4) is 0 Å². The molecule has 1 aromatic heterocycles. The molecule has 3 nitrogen and oxygen atoms in total. The van der Waals surface area contributed by atoms with Crippen LogP contribution in [-0.2, 0) is 19.9 Å². The van der Waals surface area contributed by atoms with Gasteiger partial charge in [-0.3, -0.25) is 4.68 Å². The van der Waals surface area contributed by atoms with E-state index in [4.69, 9.17) is 0 Å². The van der Waals surface area contributed by atoms with Crippen molar-refractivity contribution < 1.29 is 5.11 Å². The lowest BCUT2D eigenvalue weighted by Crippen LogP contribution is -2.34. The Balaban J connectivity index is 2.15. The molecule has 16 heavy (non-hydrogen) atoms. The van der Waals surface area contributed by atoms with E-state index in [9.17, 15) is 5.11 Å². The van der Waals surface area contributed by atoms with Gasteiger partial charge < -0.3 is 5.11 Å². The normalized spacial score (nSPS) is 19.8. The number of hydrogen-bond acceptors (Lipinski definition) is 2. The lowest BCUT2D eigenvalue weighted by molar-refractivity contribution is 0.0122. The van der Waals surface area contributed by atoms with Gasteiger partial charge in [0.05, 0.1) is 11.3 Å². The summed E-state index contributed by atoms with van der Waals surface area (Å²) < 4.78 is 1.92. The molecular formula is C13H22N2O. The minimum Gasteiger partial charge on any atom is -0.389 e. The highest BCUT2D eigenvalue weighted by Crippen LogP contribution is 2.43. The average molecular weight is 222 g/mol. The molecular weight excluding hydrogens is 200 g/mol. The molecule has 0 aliphatic heterocycles. The summed E-state index contributed by atoms with van der Waals surface area (Å²) in [6.07, 6.45) is 4.91. The number of hydrogen-bond donors (Lipinski definition) is 1. The predicted molar refractivity (Wildman–Crippen MR) is 64.3 cm³/mol. The maximum atomic E-state index is 10.6. The summed E-state index contributed by atoms with van der Waals surface area (Å²) in [5.74, 6) is 0.512. The van der Waals surface area contributed by atoms with Gasteiger partial charge in [0.15, 0.2) is 0 Å². The first-order valence-corrected chi connectivity index (χ1v) is 6.33. The average Bonchev–Trinajstić information content (AvgIpc) is 3.06. The van der Waals surface area contributed by atoms with E-state index in [-0.39, 0.29) is 0 Å². The van der Waals surface area contributed by atoms with Crippen molar-refractivity contribution in [1.82, 2.24) is 9.78 Å². The van der Waals surface area contributed by atoms with Crippen LogP contribution >= 0.6 is 0 Å². The maximum absolute atomic E-state index is 10.6. The van der Waals surface area contributed by atoms with E-state index in [1.54, 1.807) is 0 Å². The van der Waals surface area contributed by atoms with E-state index in [0.717, 1.165) is 30.7 Å². The highest BCUT2D eigenvalue weighted by Gasteiger charge is 2.42. The topological polar surface area (TPSA) is 38.0 Å². The van der Waals surface area contributed by atoms with E-state index < -0.39 is 5.60 Å². The fourth-order valence-corrected chi connectivity index (χ4v) is 2.40. The zero-order valence-corrected chi connectivity index (χ0v) is 10.5. The van der Waals surface area contributed by atoms with Crippen molar-refractivity contribution in [1.29, 1.82) is 0 Å². The highest BCUT2D eigenvalue weighted by atomic mass is 16.3. The Hall–Kier alpha value is -0.830. The molecule has 0 radical (unpaired) electrons. The molecule has 1 unspecified atom stereocenters. The third-order valence-electron chi connectivity index (χ3n) is 3.83. The largest absolute Gasteiger partial charge is 0.389 e. The molecule has 1 fully saturated rings. The minimum absolute atomic E-state index is 0.501. The molecule has 3 heteroatoms. The molecule has 1 N–H and O–H groups in total. The molecule has 0 saturated heterocycles. The van der Waals surface area contributed by atoms with Crippen molar-refractivity contribution in [2.75, 3.05) is 0 Å². The van der Waals surface area contributed by atoms with Crippen molar-refractivity contribution in [2.24, 2.45) is 13.0 Å². The first-order valence-electron chi connectivity index (χ1n) is 6.33. The SMILES string of the molecule is CCc1cc(CC(O)(CC)C2CC2)n(C)n1. The number of nitrogens with zero attached hydrogens (tertiary/aromatic N) is 2. The second-order valence-electron chi connectivity index (χ2n) is 5.01. The molecule has 2 rings (SSSR count). The molecule has 1 aliphatic rings. The Kier molecular flexibility index (Phi) is 3.06. The minimum atomic E-state index is -0.501. The van der Waals surface area contributed by atoms with E-state index in [2.05, 4.69) is 25.0 Å². The second kappa shape index (κ2) is 4.21. The van der Waals surface area contributed by atoms with Gasteiger partial charge in [0.2, 0.25) is 0 Å². The van der Waals surface area contributed by atoms with Gasteiger partial charge in [-0.25, -0.2) is 0 Å². The number of aryl methyl sites for hydroxylation is 2. The van der Waals surface area contributed by atoms with Crippen LogP contribution in [-0.4, -0.2) is 20.5 Å². The van der Waals surface area contributed by atoms with Crippen molar-refractivity contribution in [2.45, 2.75) is 51.6 Å². The Labute approximate surface area is 97.5 Å². The third-order valence-corrected chi connectivity index (χ3v) is 3.83. The Morgan fingerprint density at radius 2 is 2.19 bits per heavy atom. The highest BCUT2D eigenvalue weighted by molar-refractivity contribution is 5.14. The summed E-state index contributed by atoms with van der Waals surface area (Å²) in [7, 11) is 1.97. The van der Waals surface area contributed by atoms with E-state index in [0.29, 0.717) is 5.92 Å². The third kappa shape index (κ3) is 2.14. The fourth-order valence-electron chi connectivity index (χ4n) is 2.40. The van der Waals surface area contributed by atoms with Crippen LogP contribution in [0, 0.1) is 5.92 Å². The lowest BCUT2D eigenvalue weighted by atomic mass is 9.89. The molecule has 0 bridgehead atoms. The second-order valence-corrected chi connectivity index (χ2v) is 5.01. The number of aliphatic hydroxyl groups is 1. The zero-order valence-electron chi connectivity index (χ0n) is 10.5. The molecule has 1 aliphatic carbocycles. The first-order chi connectivity index (χ1) is 7.59. The summed E-state index contributed by atoms with van der Waals surface area (Å²) >= 11 is 0. The van der Waals surface area contributed by atoms with Crippen LogP contribution in [0.5, 0.6) is 0 Å². The molecule has 1 saturated carbocycles. The molecule has 0 aromatic carbocycles. The van der Waals surface area contributed by atoms with Crippen molar-refractivity contribution in [3.63, 3.8) is 0 Å². The summed E-state index contributed by atoms with van der Waals surface area (Å²) in [5, 5.41) is 15.0. The van der Waals surface area contributed by atoms with Crippen LogP contribution in [0.15, 0.2) is 6.07 Å². The number of rotatable bonds is 5. The quantitative estimate of drug-likeness (QED) is 0.828. The van der Waals surface area contributed by atoms with Crippen LogP contribution < -0.4 is 0 Å².